The molecule has 120 valence electrons. The number of rotatable bonds is 3. The molecule has 0 aliphatic rings. The Morgan fingerprint density at radius 1 is 1.05 bits per heavy atom. The van der Waals surface area contributed by atoms with Crippen molar-refractivity contribution >= 4 is 11.6 Å². The van der Waals surface area contributed by atoms with Crippen molar-refractivity contribution in [1.82, 2.24) is 5.32 Å². The second-order valence-corrected chi connectivity index (χ2v) is 4.86. The molecule has 0 aromatic heterocycles. The first-order chi connectivity index (χ1) is 9.39. The molecule has 0 amide bonds. The van der Waals surface area contributed by atoms with Gasteiger partial charge >= 0.3 is 12.4 Å². The predicted molar refractivity (Wildman–Crippen MR) is 63.5 cm³/mol. The molecule has 0 saturated heterocycles. The zero-order chi connectivity index (χ0) is 16.6. The minimum absolute atomic E-state index is 0.0993. The maximum absolute atomic E-state index is 13.2. The molecule has 1 N–H and O–H groups in total. The molecule has 1 unspecified atom stereocenters. The third-order valence-corrected chi connectivity index (χ3v) is 3.29. The summed E-state index contributed by atoms with van der Waals surface area (Å²) in [6.45, 7) is 1.22. The van der Waals surface area contributed by atoms with E-state index in [1.54, 1.807) is 0 Å². The lowest BCUT2D eigenvalue weighted by molar-refractivity contribution is -0.292. The molecule has 0 radical (unpaired) electrons. The van der Waals surface area contributed by atoms with E-state index in [1.807, 2.05) is 5.32 Å². The standard InChI is InChI=1S/C12H11ClF7N/c1-5-3-6(7(13)4-8(5)14)9(21-2)10(11(15,16)17)12(18,19)20/h3-4,9-10,21H,1-2H3. The predicted octanol–water partition coefficient (Wildman–Crippen LogP) is 4.79. The second kappa shape index (κ2) is 6.00. The number of halogens is 8. The zero-order valence-corrected chi connectivity index (χ0v) is 11.6. The van der Waals surface area contributed by atoms with Gasteiger partial charge in [-0.3, -0.25) is 0 Å². The molecule has 0 spiro atoms. The van der Waals surface area contributed by atoms with Crippen LogP contribution in [0.3, 0.4) is 0 Å². The van der Waals surface area contributed by atoms with E-state index in [-0.39, 0.29) is 5.56 Å². The lowest BCUT2D eigenvalue weighted by atomic mass is 9.90. The van der Waals surface area contributed by atoms with E-state index >= 15 is 0 Å². The van der Waals surface area contributed by atoms with Gasteiger partial charge in [-0.2, -0.15) is 26.3 Å². The van der Waals surface area contributed by atoms with E-state index in [4.69, 9.17) is 11.6 Å². The minimum Gasteiger partial charge on any atom is -0.312 e. The topological polar surface area (TPSA) is 12.0 Å². The van der Waals surface area contributed by atoms with Crippen LogP contribution in [0, 0.1) is 18.7 Å². The van der Waals surface area contributed by atoms with E-state index in [0.717, 1.165) is 13.1 Å². The number of benzene rings is 1. The molecule has 0 fully saturated rings. The molecule has 1 atom stereocenters. The highest BCUT2D eigenvalue weighted by Crippen LogP contribution is 2.47. The van der Waals surface area contributed by atoms with Crippen LogP contribution in [0.4, 0.5) is 30.7 Å². The summed E-state index contributed by atoms with van der Waals surface area (Å²) < 4.78 is 89.9. The van der Waals surface area contributed by atoms with Crippen LogP contribution in [0.1, 0.15) is 17.2 Å². The highest BCUT2D eigenvalue weighted by Gasteiger charge is 2.60. The van der Waals surface area contributed by atoms with Crippen molar-refractivity contribution in [2.75, 3.05) is 7.05 Å². The van der Waals surface area contributed by atoms with E-state index < -0.39 is 40.7 Å². The lowest BCUT2D eigenvalue weighted by Gasteiger charge is -2.31. The maximum Gasteiger partial charge on any atom is 0.402 e. The van der Waals surface area contributed by atoms with Crippen LogP contribution in [0.5, 0.6) is 0 Å². The number of nitrogens with one attached hydrogen (secondary N) is 1. The second-order valence-electron chi connectivity index (χ2n) is 4.45. The molecule has 9 heteroatoms. The van der Waals surface area contributed by atoms with Crippen molar-refractivity contribution in [2.45, 2.75) is 25.3 Å². The third-order valence-electron chi connectivity index (χ3n) is 2.96. The summed E-state index contributed by atoms with van der Waals surface area (Å²) in [5, 5.41) is 1.47. The van der Waals surface area contributed by atoms with Gasteiger partial charge in [0.1, 0.15) is 5.82 Å². The molecular formula is C12H11ClF7N. The zero-order valence-electron chi connectivity index (χ0n) is 10.8. The average molecular weight is 338 g/mol. The summed E-state index contributed by atoms with van der Waals surface area (Å²) in [6, 6.07) is -0.597. The van der Waals surface area contributed by atoms with Gasteiger partial charge in [-0.1, -0.05) is 17.7 Å². The Morgan fingerprint density at radius 2 is 1.52 bits per heavy atom. The first-order valence-corrected chi connectivity index (χ1v) is 6.03. The SMILES string of the molecule is CNC(c1cc(C)c(F)cc1Cl)C(C(F)(F)F)C(F)(F)F. The Balaban J connectivity index is 3.44. The summed E-state index contributed by atoms with van der Waals surface area (Å²) in [7, 11) is 0.949. The van der Waals surface area contributed by atoms with Gasteiger partial charge < -0.3 is 5.32 Å². The Morgan fingerprint density at radius 3 is 1.90 bits per heavy atom. The van der Waals surface area contributed by atoms with Crippen molar-refractivity contribution in [2.24, 2.45) is 5.92 Å². The average Bonchev–Trinajstić information content (AvgIpc) is 2.27. The fraction of sp³-hybridized carbons (Fsp3) is 0.500. The molecule has 1 aromatic rings. The quantitative estimate of drug-likeness (QED) is 0.782. The van der Waals surface area contributed by atoms with Crippen LogP contribution in [0.25, 0.3) is 0 Å². The van der Waals surface area contributed by atoms with Crippen LogP contribution < -0.4 is 5.32 Å². The van der Waals surface area contributed by atoms with Gasteiger partial charge in [0.15, 0.2) is 5.92 Å². The Labute approximate surface area is 121 Å². The van der Waals surface area contributed by atoms with Crippen LogP contribution in [0.15, 0.2) is 12.1 Å². The molecule has 0 aliphatic heterocycles. The molecule has 0 bridgehead atoms. The lowest BCUT2D eigenvalue weighted by Crippen LogP contribution is -2.45. The Kier molecular flexibility index (Phi) is 5.15. The van der Waals surface area contributed by atoms with Gasteiger partial charge in [0, 0.05) is 5.02 Å². The molecule has 0 aliphatic carbocycles. The molecule has 0 saturated carbocycles. The summed E-state index contributed by atoms with van der Waals surface area (Å²) in [5.74, 6) is -4.47. The molecule has 1 aromatic carbocycles. The van der Waals surface area contributed by atoms with Crippen molar-refractivity contribution in [3.8, 4) is 0 Å². The van der Waals surface area contributed by atoms with E-state index in [1.165, 1.54) is 6.92 Å². The maximum atomic E-state index is 13.2. The molecular weight excluding hydrogens is 327 g/mol. The number of aryl methyl sites for hydroxylation is 1. The van der Waals surface area contributed by atoms with Crippen LogP contribution in [-0.2, 0) is 0 Å². The van der Waals surface area contributed by atoms with Gasteiger partial charge in [-0.15, -0.1) is 0 Å². The van der Waals surface area contributed by atoms with Gasteiger partial charge in [-0.05, 0) is 31.2 Å². The van der Waals surface area contributed by atoms with Gasteiger partial charge in [-0.25, -0.2) is 4.39 Å². The smallest absolute Gasteiger partial charge is 0.312 e. The van der Waals surface area contributed by atoms with Crippen molar-refractivity contribution < 1.29 is 30.7 Å². The van der Waals surface area contributed by atoms with E-state index in [9.17, 15) is 30.7 Å². The van der Waals surface area contributed by atoms with Gasteiger partial charge in [0.2, 0.25) is 0 Å². The van der Waals surface area contributed by atoms with Crippen molar-refractivity contribution in [3.05, 3.63) is 34.1 Å². The first-order valence-electron chi connectivity index (χ1n) is 5.65. The largest absolute Gasteiger partial charge is 0.402 e. The summed E-state index contributed by atoms with van der Waals surface area (Å²) >= 11 is 5.60. The molecule has 21 heavy (non-hydrogen) atoms. The van der Waals surface area contributed by atoms with Crippen LogP contribution >= 0.6 is 11.6 Å². The Hall–Kier alpha value is -1.02. The molecule has 0 heterocycles. The van der Waals surface area contributed by atoms with Crippen LogP contribution in [-0.4, -0.2) is 19.4 Å². The summed E-state index contributed by atoms with van der Waals surface area (Å²) in [4.78, 5) is 0. The fourth-order valence-corrected chi connectivity index (χ4v) is 2.25. The van der Waals surface area contributed by atoms with E-state index in [0.29, 0.717) is 6.07 Å². The molecule has 1 nitrogen and oxygen atoms in total. The van der Waals surface area contributed by atoms with Gasteiger partial charge in [0.05, 0.1) is 6.04 Å². The van der Waals surface area contributed by atoms with Crippen LogP contribution in [0.2, 0.25) is 5.02 Å². The number of hydrogen-bond donors (Lipinski definition) is 1. The summed E-state index contributed by atoms with van der Waals surface area (Å²) in [6.07, 6.45) is -11.1. The van der Waals surface area contributed by atoms with Crippen molar-refractivity contribution in [3.63, 3.8) is 0 Å². The minimum atomic E-state index is -5.53. The van der Waals surface area contributed by atoms with Crippen molar-refractivity contribution in [1.29, 1.82) is 0 Å². The molecule has 1 rings (SSSR count). The summed E-state index contributed by atoms with van der Waals surface area (Å²) in [5.41, 5.74) is -0.560. The first kappa shape index (κ1) is 18.0. The number of hydrogen-bond acceptors (Lipinski definition) is 1. The Bertz CT molecular complexity index is 496. The highest BCUT2D eigenvalue weighted by atomic mass is 35.5. The monoisotopic (exact) mass is 337 g/mol. The highest BCUT2D eigenvalue weighted by molar-refractivity contribution is 6.31. The van der Waals surface area contributed by atoms with E-state index in [2.05, 4.69) is 0 Å². The number of alkyl halides is 6. The normalized spacial score (nSPS) is 14.6. The third kappa shape index (κ3) is 4.00. The fourth-order valence-electron chi connectivity index (χ4n) is 1.98. The van der Waals surface area contributed by atoms with Gasteiger partial charge in [0.25, 0.3) is 0 Å².